The van der Waals surface area contributed by atoms with Gasteiger partial charge < -0.3 is 15.5 Å². The molecule has 1 rings (SSSR count). The lowest BCUT2D eigenvalue weighted by molar-refractivity contribution is 0.128. The average molecular weight is 277 g/mol. The van der Waals surface area contributed by atoms with Gasteiger partial charge in [-0.1, -0.05) is 56.2 Å². The number of rotatable bonds is 9. The highest BCUT2D eigenvalue weighted by molar-refractivity contribution is 5.50. The molecule has 112 valence electrons. The zero-order valence-corrected chi connectivity index (χ0v) is 12.5. The molecule has 2 atom stereocenters. The van der Waals surface area contributed by atoms with Gasteiger partial charge in [-0.15, -0.1) is 0 Å². The van der Waals surface area contributed by atoms with Crippen molar-refractivity contribution < 1.29 is 10.2 Å². The summed E-state index contributed by atoms with van der Waals surface area (Å²) < 4.78 is 0. The Morgan fingerprint density at radius 3 is 2.45 bits per heavy atom. The Kier molecular flexibility index (Phi) is 8.19. The van der Waals surface area contributed by atoms with E-state index in [-0.39, 0.29) is 12.6 Å². The van der Waals surface area contributed by atoms with Crippen LogP contribution in [0.25, 0.3) is 6.08 Å². The molecule has 0 bridgehead atoms. The Morgan fingerprint density at radius 2 is 1.90 bits per heavy atom. The van der Waals surface area contributed by atoms with Crippen LogP contribution in [0.5, 0.6) is 0 Å². The van der Waals surface area contributed by atoms with Crippen LogP contribution in [-0.4, -0.2) is 36.0 Å². The molecule has 0 saturated heterocycles. The summed E-state index contributed by atoms with van der Waals surface area (Å²) in [5.41, 5.74) is 2.43. The van der Waals surface area contributed by atoms with E-state index in [4.69, 9.17) is 5.11 Å². The quantitative estimate of drug-likeness (QED) is 0.607. The zero-order valence-electron chi connectivity index (χ0n) is 12.5. The van der Waals surface area contributed by atoms with E-state index in [2.05, 4.69) is 36.5 Å². The van der Waals surface area contributed by atoms with Crippen molar-refractivity contribution in [1.29, 1.82) is 0 Å². The summed E-state index contributed by atoms with van der Waals surface area (Å²) in [7, 11) is 1.73. The number of unbranched alkanes of at least 4 members (excludes halogenated alkanes) is 2. The van der Waals surface area contributed by atoms with E-state index in [1.54, 1.807) is 13.1 Å². The van der Waals surface area contributed by atoms with Gasteiger partial charge in [0.1, 0.15) is 0 Å². The van der Waals surface area contributed by atoms with Crippen LogP contribution in [0.1, 0.15) is 37.3 Å². The summed E-state index contributed by atoms with van der Waals surface area (Å²) in [5.74, 6) is 0. The molecule has 0 aliphatic rings. The Hall–Kier alpha value is -1.16. The van der Waals surface area contributed by atoms with Gasteiger partial charge in [0.05, 0.1) is 18.8 Å². The van der Waals surface area contributed by atoms with E-state index >= 15 is 0 Å². The molecular weight excluding hydrogens is 250 g/mol. The van der Waals surface area contributed by atoms with Crippen LogP contribution in [0.2, 0.25) is 0 Å². The number of hydrogen-bond donors (Lipinski definition) is 3. The minimum absolute atomic E-state index is 0.0849. The summed E-state index contributed by atoms with van der Waals surface area (Å²) in [5, 5.41) is 21.8. The first-order valence-electron chi connectivity index (χ1n) is 7.44. The second kappa shape index (κ2) is 9.70. The average Bonchev–Trinajstić information content (AvgIpc) is 2.48. The molecule has 0 aromatic heterocycles. The van der Waals surface area contributed by atoms with Gasteiger partial charge in [0, 0.05) is 0 Å². The Balaban J connectivity index is 2.52. The molecule has 0 saturated carbocycles. The first kappa shape index (κ1) is 16.9. The van der Waals surface area contributed by atoms with Gasteiger partial charge in [0.2, 0.25) is 0 Å². The standard InChI is InChI=1S/C17H27NO2/c1-3-4-5-6-14-7-9-15(10-8-14)11-12-17(20)16(13-19)18-2/h7-12,16-20H,3-6,13H2,1-2H3/b12-11+. The van der Waals surface area contributed by atoms with Crippen LogP contribution in [-0.2, 0) is 6.42 Å². The second-order valence-corrected chi connectivity index (χ2v) is 5.13. The third-order valence-electron chi connectivity index (χ3n) is 3.51. The largest absolute Gasteiger partial charge is 0.395 e. The van der Waals surface area contributed by atoms with E-state index < -0.39 is 6.10 Å². The summed E-state index contributed by atoms with van der Waals surface area (Å²) in [4.78, 5) is 0. The number of likely N-dealkylation sites (N-methyl/N-ethyl adjacent to an activating group) is 1. The summed E-state index contributed by atoms with van der Waals surface area (Å²) in [6.45, 7) is 2.13. The zero-order chi connectivity index (χ0) is 14.8. The van der Waals surface area contributed by atoms with Gasteiger partial charge in [-0.25, -0.2) is 0 Å². The van der Waals surface area contributed by atoms with Gasteiger partial charge in [-0.3, -0.25) is 0 Å². The molecule has 0 aliphatic heterocycles. The minimum atomic E-state index is -0.686. The van der Waals surface area contributed by atoms with Crippen molar-refractivity contribution in [2.24, 2.45) is 0 Å². The van der Waals surface area contributed by atoms with Crippen molar-refractivity contribution >= 4 is 6.08 Å². The highest BCUT2D eigenvalue weighted by Crippen LogP contribution is 2.10. The van der Waals surface area contributed by atoms with Gasteiger partial charge >= 0.3 is 0 Å². The van der Waals surface area contributed by atoms with Crippen molar-refractivity contribution in [3.8, 4) is 0 Å². The summed E-state index contributed by atoms with van der Waals surface area (Å²) >= 11 is 0. The molecule has 0 heterocycles. The predicted molar refractivity (Wildman–Crippen MR) is 84.6 cm³/mol. The SMILES string of the molecule is CCCCCc1ccc(/C=C/C(O)C(CO)NC)cc1. The number of benzene rings is 1. The van der Waals surface area contributed by atoms with Crippen molar-refractivity contribution in [2.45, 2.75) is 44.8 Å². The fourth-order valence-corrected chi connectivity index (χ4v) is 2.09. The Morgan fingerprint density at radius 1 is 1.20 bits per heavy atom. The van der Waals surface area contributed by atoms with Crippen molar-refractivity contribution in [3.05, 3.63) is 41.5 Å². The number of nitrogens with one attached hydrogen (secondary N) is 1. The lowest BCUT2D eigenvalue weighted by Crippen LogP contribution is -2.39. The van der Waals surface area contributed by atoms with Crippen molar-refractivity contribution in [1.82, 2.24) is 5.32 Å². The lowest BCUT2D eigenvalue weighted by atomic mass is 10.0. The number of hydrogen-bond acceptors (Lipinski definition) is 3. The third-order valence-corrected chi connectivity index (χ3v) is 3.51. The van der Waals surface area contributed by atoms with Gasteiger partial charge in [0.25, 0.3) is 0 Å². The number of aryl methyl sites for hydroxylation is 1. The highest BCUT2D eigenvalue weighted by Gasteiger charge is 2.12. The van der Waals surface area contributed by atoms with Crippen LogP contribution in [0.3, 0.4) is 0 Å². The Labute approximate surface area is 122 Å². The maximum atomic E-state index is 9.86. The molecule has 0 spiro atoms. The van der Waals surface area contributed by atoms with Crippen LogP contribution in [0.15, 0.2) is 30.3 Å². The summed E-state index contributed by atoms with van der Waals surface area (Å²) in [6, 6.07) is 8.10. The monoisotopic (exact) mass is 277 g/mol. The lowest BCUT2D eigenvalue weighted by Gasteiger charge is -2.16. The van der Waals surface area contributed by atoms with Crippen molar-refractivity contribution in [2.75, 3.05) is 13.7 Å². The Bertz CT molecular complexity index is 382. The fourth-order valence-electron chi connectivity index (χ4n) is 2.09. The van der Waals surface area contributed by atoms with Crippen LogP contribution in [0, 0.1) is 0 Å². The smallest absolute Gasteiger partial charge is 0.0899 e. The molecule has 2 unspecified atom stereocenters. The number of aliphatic hydroxyl groups excluding tert-OH is 2. The molecule has 1 aromatic carbocycles. The van der Waals surface area contributed by atoms with Gasteiger partial charge in [-0.05, 0) is 31.0 Å². The van der Waals surface area contributed by atoms with E-state index in [1.165, 1.54) is 24.8 Å². The van der Waals surface area contributed by atoms with Crippen molar-refractivity contribution in [3.63, 3.8) is 0 Å². The molecule has 0 fully saturated rings. The van der Waals surface area contributed by atoms with Crippen LogP contribution >= 0.6 is 0 Å². The van der Waals surface area contributed by atoms with Crippen LogP contribution in [0.4, 0.5) is 0 Å². The van der Waals surface area contributed by atoms with Crippen LogP contribution < -0.4 is 5.32 Å². The highest BCUT2D eigenvalue weighted by atomic mass is 16.3. The summed E-state index contributed by atoms with van der Waals surface area (Å²) in [6.07, 6.45) is 7.81. The molecule has 0 amide bonds. The first-order valence-corrected chi connectivity index (χ1v) is 7.44. The van der Waals surface area contributed by atoms with E-state index in [1.807, 2.05) is 6.08 Å². The predicted octanol–water partition coefficient (Wildman–Crippen LogP) is 2.37. The normalized spacial score (nSPS) is 14.6. The second-order valence-electron chi connectivity index (χ2n) is 5.13. The maximum absolute atomic E-state index is 9.86. The topological polar surface area (TPSA) is 52.5 Å². The molecular formula is C17H27NO2. The fraction of sp³-hybridized carbons (Fsp3) is 0.529. The molecule has 3 nitrogen and oxygen atoms in total. The van der Waals surface area contributed by atoms with Gasteiger partial charge in [0.15, 0.2) is 0 Å². The van der Waals surface area contributed by atoms with E-state index in [9.17, 15) is 5.11 Å². The molecule has 0 aliphatic carbocycles. The van der Waals surface area contributed by atoms with Gasteiger partial charge in [-0.2, -0.15) is 0 Å². The molecule has 3 heteroatoms. The van der Waals surface area contributed by atoms with E-state index in [0.717, 1.165) is 12.0 Å². The molecule has 1 aromatic rings. The molecule has 20 heavy (non-hydrogen) atoms. The molecule has 3 N–H and O–H groups in total. The van der Waals surface area contributed by atoms with E-state index in [0.29, 0.717) is 0 Å². The maximum Gasteiger partial charge on any atom is 0.0899 e. The molecule has 0 radical (unpaired) electrons. The third kappa shape index (κ3) is 5.87. The first-order chi connectivity index (χ1) is 9.71. The number of aliphatic hydroxyl groups is 2. The minimum Gasteiger partial charge on any atom is -0.395 e.